The number of alkyl halides is 3. The molecule has 0 radical (unpaired) electrons. The first-order chi connectivity index (χ1) is 16.4. The lowest BCUT2D eigenvalue weighted by Gasteiger charge is -2.21. The molecule has 0 spiro atoms. The summed E-state index contributed by atoms with van der Waals surface area (Å²) >= 11 is 0. The molecule has 12 heteroatoms. The van der Waals surface area contributed by atoms with E-state index in [-0.39, 0.29) is 23.8 Å². The number of carbonyl (C=O) groups excluding carboxylic acids is 2. The number of pyridine rings is 1. The molecule has 2 amide bonds. The van der Waals surface area contributed by atoms with Crippen molar-refractivity contribution in [3.63, 3.8) is 0 Å². The second kappa shape index (κ2) is 10.2. The average molecular weight is 495 g/mol. The Morgan fingerprint density at radius 3 is 2.26 bits per heavy atom. The summed E-state index contributed by atoms with van der Waals surface area (Å²) in [6.07, 6.45) is -2.63. The second-order valence-corrected chi connectivity index (χ2v) is 7.88. The number of likely N-dealkylation sites (N-methyl/N-ethyl adjacent to an activating group) is 1. The highest BCUT2D eigenvalue weighted by molar-refractivity contribution is 6.00. The molecule has 2 aromatic heterocycles. The first kappa shape index (κ1) is 25.8. The van der Waals surface area contributed by atoms with Gasteiger partial charge in [0.05, 0.1) is 23.0 Å². The number of nitrogens with one attached hydrogen (secondary N) is 1. The van der Waals surface area contributed by atoms with Gasteiger partial charge in [-0.25, -0.2) is 18.4 Å². The summed E-state index contributed by atoms with van der Waals surface area (Å²) in [6.45, 7) is 4.74. The Labute approximate surface area is 197 Å². The van der Waals surface area contributed by atoms with E-state index in [1.54, 1.807) is 20.8 Å². The molecule has 0 aliphatic heterocycles. The summed E-state index contributed by atoms with van der Waals surface area (Å²) in [7, 11) is 0. The van der Waals surface area contributed by atoms with E-state index in [2.05, 4.69) is 15.4 Å². The molecule has 0 bridgehead atoms. The molecule has 1 N–H and O–H groups in total. The fourth-order valence-corrected chi connectivity index (χ4v) is 3.41. The van der Waals surface area contributed by atoms with Gasteiger partial charge in [-0.1, -0.05) is 19.9 Å². The van der Waals surface area contributed by atoms with Crippen LogP contribution < -0.4 is 5.32 Å². The van der Waals surface area contributed by atoms with Crippen LogP contribution in [0.15, 0.2) is 42.7 Å². The Morgan fingerprint density at radius 1 is 1.09 bits per heavy atom. The van der Waals surface area contributed by atoms with E-state index in [9.17, 15) is 31.5 Å². The molecule has 0 aliphatic carbocycles. The fraction of sp³-hybridized carbons (Fsp3) is 0.304. The Balaban J connectivity index is 1.86. The topological polar surface area (TPSA) is 80.1 Å². The van der Waals surface area contributed by atoms with Crippen LogP contribution in [0.2, 0.25) is 0 Å². The Hall–Kier alpha value is -3.83. The van der Waals surface area contributed by atoms with Crippen molar-refractivity contribution >= 4 is 17.5 Å². The van der Waals surface area contributed by atoms with E-state index in [1.165, 1.54) is 10.9 Å². The number of aromatic nitrogens is 3. The summed E-state index contributed by atoms with van der Waals surface area (Å²) in [5, 5.41) is 6.26. The highest BCUT2D eigenvalue weighted by Crippen LogP contribution is 2.30. The third kappa shape index (κ3) is 5.64. The Bertz CT molecular complexity index is 1200. The molecule has 0 atom stereocenters. The number of benzene rings is 1. The van der Waals surface area contributed by atoms with Crippen LogP contribution in [0, 0.1) is 11.6 Å². The van der Waals surface area contributed by atoms with E-state index < -0.39 is 47.4 Å². The summed E-state index contributed by atoms with van der Waals surface area (Å²) in [5.74, 6) is -3.52. The molecular weight excluding hydrogens is 473 g/mol. The molecule has 0 saturated carbocycles. The molecule has 35 heavy (non-hydrogen) atoms. The summed E-state index contributed by atoms with van der Waals surface area (Å²) in [4.78, 5) is 30.6. The van der Waals surface area contributed by atoms with Gasteiger partial charge < -0.3 is 10.2 Å². The van der Waals surface area contributed by atoms with Gasteiger partial charge in [0.25, 0.3) is 5.91 Å². The first-order valence-electron chi connectivity index (χ1n) is 10.6. The van der Waals surface area contributed by atoms with Gasteiger partial charge >= 0.3 is 6.18 Å². The molecule has 2 heterocycles. The standard InChI is InChI=1S/C23H22F5N5O2/c1-4-32(12-19(34)31-20-16(24)6-5-7-17(20)25)22(35)15-11-30-33(21(15)13(2)3)18-9-8-14(10-29-18)23(26,27)28/h5-11,13H,4,12H2,1-3H3,(H,31,34). The molecule has 0 unspecified atom stereocenters. The smallest absolute Gasteiger partial charge is 0.329 e. The number of nitrogens with zero attached hydrogens (tertiary/aromatic N) is 4. The lowest BCUT2D eigenvalue weighted by molar-refractivity contribution is -0.137. The number of para-hydroxylation sites is 1. The van der Waals surface area contributed by atoms with Crippen molar-refractivity contribution in [1.29, 1.82) is 0 Å². The number of anilines is 1. The summed E-state index contributed by atoms with van der Waals surface area (Å²) in [5.41, 5.74) is -1.05. The number of carbonyl (C=O) groups is 2. The number of amides is 2. The van der Waals surface area contributed by atoms with Crippen molar-refractivity contribution in [1.82, 2.24) is 19.7 Å². The fourth-order valence-electron chi connectivity index (χ4n) is 3.41. The van der Waals surface area contributed by atoms with Gasteiger partial charge in [-0.3, -0.25) is 9.59 Å². The minimum atomic E-state index is -4.55. The average Bonchev–Trinajstić information content (AvgIpc) is 3.24. The zero-order chi connectivity index (χ0) is 25.9. The quantitative estimate of drug-likeness (QED) is 0.478. The monoisotopic (exact) mass is 495 g/mol. The van der Waals surface area contributed by atoms with Crippen molar-refractivity contribution in [2.75, 3.05) is 18.4 Å². The number of hydrogen-bond donors (Lipinski definition) is 1. The third-order valence-corrected chi connectivity index (χ3v) is 5.11. The van der Waals surface area contributed by atoms with Crippen LogP contribution in [0.3, 0.4) is 0 Å². The minimum Gasteiger partial charge on any atom is -0.329 e. The number of halogens is 5. The molecule has 3 aromatic rings. The van der Waals surface area contributed by atoms with E-state index in [4.69, 9.17) is 0 Å². The van der Waals surface area contributed by atoms with Crippen molar-refractivity contribution in [2.45, 2.75) is 32.9 Å². The van der Waals surface area contributed by atoms with Gasteiger partial charge in [-0.2, -0.15) is 18.3 Å². The van der Waals surface area contributed by atoms with Crippen molar-refractivity contribution in [2.24, 2.45) is 0 Å². The molecule has 0 fully saturated rings. The summed E-state index contributed by atoms with van der Waals surface area (Å²) < 4.78 is 67.5. The van der Waals surface area contributed by atoms with Gasteiger partial charge in [0.1, 0.15) is 23.9 Å². The zero-order valence-electron chi connectivity index (χ0n) is 19.0. The van der Waals surface area contributed by atoms with Gasteiger partial charge in [0, 0.05) is 12.7 Å². The zero-order valence-corrected chi connectivity index (χ0v) is 19.0. The predicted octanol–water partition coefficient (Wildman–Crippen LogP) is 4.79. The van der Waals surface area contributed by atoms with Gasteiger partial charge in [0.2, 0.25) is 5.91 Å². The van der Waals surface area contributed by atoms with Crippen molar-refractivity contribution < 1.29 is 31.5 Å². The molecule has 0 aliphatic rings. The Morgan fingerprint density at radius 2 is 1.74 bits per heavy atom. The van der Waals surface area contributed by atoms with Crippen molar-refractivity contribution in [3.05, 3.63) is 71.2 Å². The maximum Gasteiger partial charge on any atom is 0.417 e. The molecule has 186 valence electrons. The van der Waals surface area contributed by atoms with Crippen LogP contribution in [0.1, 0.15) is 48.3 Å². The minimum absolute atomic E-state index is 0.0802. The van der Waals surface area contributed by atoms with E-state index in [0.29, 0.717) is 11.9 Å². The highest BCUT2D eigenvalue weighted by atomic mass is 19.4. The van der Waals surface area contributed by atoms with E-state index in [1.807, 2.05) is 0 Å². The van der Waals surface area contributed by atoms with E-state index >= 15 is 0 Å². The van der Waals surface area contributed by atoms with Crippen LogP contribution in [0.25, 0.3) is 5.82 Å². The number of hydrogen-bond acceptors (Lipinski definition) is 4. The highest BCUT2D eigenvalue weighted by Gasteiger charge is 2.31. The Kier molecular flexibility index (Phi) is 7.51. The van der Waals surface area contributed by atoms with Crippen LogP contribution >= 0.6 is 0 Å². The SMILES string of the molecule is CCN(CC(=O)Nc1c(F)cccc1F)C(=O)c1cnn(-c2ccc(C(F)(F)F)cn2)c1C(C)C. The largest absolute Gasteiger partial charge is 0.417 e. The lowest BCUT2D eigenvalue weighted by Crippen LogP contribution is -2.38. The van der Waals surface area contributed by atoms with Crippen LogP contribution in [-0.2, 0) is 11.0 Å². The molecule has 1 aromatic carbocycles. The third-order valence-electron chi connectivity index (χ3n) is 5.11. The number of rotatable bonds is 7. The molecular formula is C23H22F5N5O2. The van der Waals surface area contributed by atoms with Crippen molar-refractivity contribution in [3.8, 4) is 5.82 Å². The second-order valence-electron chi connectivity index (χ2n) is 7.88. The maximum atomic E-state index is 13.8. The van der Waals surface area contributed by atoms with Gasteiger partial charge in [0.15, 0.2) is 5.82 Å². The van der Waals surface area contributed by atoms with Crippen LogP contribution in [-0.4, -0.2) is 44.6 Å². The normalized spacial score (nSPS) is 11.6. The van der Waals surface area contributed by atoms with Crippen LogP contribution in [0.5, 0.6) is 0 Å². The molecule has 7 nitrogen and oxygen atoms in total. The lowest BCUT2D eigenvalue weighted by atomic mass is 10.0. The molecule has 3 rings (SSSR count). The van der Waals surface area contributed by atoms with Gasteiger partial charge in [-0.05, 0) is 37.1 Å². The van der Waals surface area contributed by atoms with Gasteiger partial charge in [-0.15, -0.1) is 0 Å². The maximum absolute atomic E-state index is 13.8. The summed E-state index contributed by atoms with van der Waals surface area (Å²) in [6, 6.07) is 5.13. The van der Waals surface area contributed by atoms with Crippen LogP contribution in [0.4, 0.5) is 27.6 Å². The van der Waals surface area contributed by atoms with E-state index in [0.717, 1.165) is 35.2 Å². The first-order valence-corrected chi connectivity index (χ1v) is 10.6. The predicted molar refractivity (Wildman–Crippen MR) is 117 cm³/mol. The molecule has 0 saturated heterocycles.